The van der Waals surface area contributed by atoms with Crippen LogP contribution in [-0.2, 0) is 0 Å². The summed E-state index contributed by atoms with van der Waals surface area (Å²) in [6.07, 6.45) is 1.88. The fourth-order valence-corrected chi connectivity index (χ4v) is 2.68. The molecule has 1 heterocycles. The maximum atomic E-state index is 10.2. The van der Waals surface area contributed by atoms with Crippen LogP contribution in [0.15, 0.2) is 18.2 Å². The fourth-order valence-electron chi connectivity index (χ4n) is 2.38. The standard InChI is InChI=1S/C13H19ClN2O/c1-15-9-12(17)13-10(14)5-4-6-11(13)16-7-2-3-8-16/h4-6,12,15,17H,2-3,7-9H2,1H3. The Morgan fingerprint density at radius 3 is 2.76 bits per heavy atom. The van der Waals surface area contributed by atoms with Gasteiger partial charge in [0.2, 0.25) is 0 Å². The molecule has 0 bridgehead atoms. The first-order valence-electron chi connectivity index (χ1n) is 6.10. The number of halogens is 1. The number of anilines is 1. The SMILES string of the molecule is CNCC(O)c1c(Cl)cccc1N1CCCC1. The molecule has 2 rings (SSSR count). The molecule has 0 amide bonds. The van der Waals surface area contributed by atoms with Gasteiger partial charge in [-0.25, -0.2) is 0 Å². The molecule has 1 aromatic carbocycles. The van der Waals surface area contributed by atoms with Crippen molar-refractivity contribution in [1.82, 2.24) is 5.32 Å². The van der Waals surface area contributed by atoms with E-state index < -0.39 is 6.10 Å². The maximum Gasteiger partial charge on any atom is 0.0948 e. The third-order valence-electron chi connectivity index (χ3n) is 3.21. The van der Waals surface area contributed by atoms with Crippen LogP contribution in [0.3, 0.4) is 0 Å². The number of aliphatic hydroxyl groups excluding tert-OH is 1. The van der Waals surface area contributed by atoms with E-state index in [1.54, 1.807) is 0 Å². The van der Waals surface area contributed by atoms with Crippen molar-refractivity contribution in [3.05, 3.63) is 28.8 Å². The van der Waals surface area contributed by atoms with Crippen LogP contribution < -0.4 is 10.2 Å². The van der Waals surface area contributed by atoms with Gasteiger partial charge in [0, 0.05) is 35.9 Å². The summed E-state index contributed by atoms with van der Waals surface area (Å²) in [5.74, 6) is 0. The molecule has 0 spiro atoms. The van der Waals surface area contributed by atoms with Crippen molar-refractivity contribution in [2.24, 2.45) is 0 Å². The molecule has 2 N–H and O–H groups in total. The zero-order valence-electron chi connectivity index (χ0n) is 10.1. The van der Waals surface area contributed by atoms with Crippen LogP contribution in [0.2, 0.25) is 5.02 Å². The normalized spacial score (nSPS) is 17.5. The second-order valence-electron chi connectivity index (χ2n) is 4.44. The summed E-state index contributed by atoms with van der Waals surface area (Å²) in [5.41, 5.74) is 1.93. The maximum absolute atomic E-state index is 10.2. The van der Waals surface area contributed by atoms with E-state index in [2.05, 4.69) is 10.2 Å². The number of hydrogen-bond donors (Lipinski definition) is 2. The molecule has 1 unspecified atom stereocenters. The van der Waals surface area contributed by atoms with Gasteiger partial charge in [0.1, 0.15) is 0 Å². The predicted octanol–water partition coefficient (Wildman–Crippen LogP) is 2.19. The fraction of sp³-hybridized carbons (Fsp3) is 0.538. The number of rotatable bonds is 4. The molecule has 1 aliphatic rings. The van der Waals surface area contributed by atoms with Crippen molar-refractivity contribution >= 4 is 17.3 Å². The van der Waals surface area contributed by atoms with Crippen LogP contribution in [0.4, 0.5) is 5.69 Å². The van der Waals surface area contributed by atoms with Gasteiger partial charge in [-0.1, -0.05) is 17.7 Å². The second-order valence-corrected chi connectivity index (χ2v) is 4.85. The van der Waals surface area contributed by atoms with E-state index >= 15 is 0 Å². The Hall–Kier alpha value is -0.770. The van der Waals surface area contributed by atoms with Crippen LogP contribution in [-0.4, -0.2) is 31.8 Å². The lowest BCUT2D eigenvalue weighted by Crippen LogP contribution is -2.23. The Bertz CT molecular complexity index is 378. The van der Waals surface area contributed by atoms with Gasteiger partial charge in [0.15, 0.2) is 0 Å². The quantitative estimate of drug-likeness (QED) is 0.865. The van der Waals surface area contributed by atoms with Gasteiger partial charge in [-0.05, 0) is 32.0 Å². The summed E-state index contributed by atoms with van der Waals surface area (Å²) >= 11 is 6.22. The highest BCUT2D eigenvalue weighted by Crippen LogP contribution is 2.34. The molecule has 1 atom stereocenters. The molecular weight excluding hydrogens is 236 g/mol. The molecular formula is C13H19ClN2O. The van der Waals surface area contributed by atoms with Gasteiger partial charge in [-0.3, -0.25) is 0 Å². The minimum atomic E-state index is -0.552. The van der Waals surface area contributed by atoms with Crippen LogP contribution in [0.25, 0.3) is 0 Å². The van der Waals surface area contributed by atoms with Gasteiger partial charge in [0.25, 0.3) is 0 Å². The van der Waals surface area contributed by atoms with Crippen LogP contribution in [0, 0.1) is 0 Å². The van der Waals surface area contributed by atoms with Gasteiger partial charge in [0.05, 0.1) is 6.10 Å². The number of nitrogens with one attached hydrogen (secondary N) is 1. The molecule has 0 saturated carbocycles. The van der Waals surface area contributed by atoms with Crippen molar-refractivity contribution in [2.45, 2.75) is 18.9 Å². The zero-order chi connectivity index (χ0) is 12.3. The Morgan fingerprint density at radius 2 is 2.12 bits per heavy atom. The largest absolute Gasteiger partial charge is 0.387 e. The van der Waals surface area contributed by atoms with Crippen molar-refractivity contribution in [3.8, 4) is 0 Å². The Labute approximate surface area is 107 Å². The van der Waals surface area contributed by atoms with Crippen LogP contribution in [0.1, 0.15) is 24.5 Å². The van der Waals surface area contributed by atoms with Gasteiger partial charge in [-0.15, -0.1) is 0 Å². The third-order valence-corrected chi connectivity index (χ3v) is 3.54. The smallest absolute Gasteiger partial charge is 0.0948 e. The third kappa shape index (κ3) is 2.73. The first-order valence-corrected chi connectivity index (χ1v) is 6.48. The minimum absolute atomic E-state index is 0.518. The molecule has 94 valence electrons. The van der Waals surface area contributed by atoms with Crippen LogP contribution >= 0.6 is 11.6 Å². The predicted molar refractivity (Wildman–Crippen MR) is 71.8 cm³/mol. The molecule has 1 aromatic rings. The Kier molecular flexibility index (Phi) is 4.26. The Balaban J connectivity index is 2.33. The van der Waals surface area contributed by atoms with Gasteiger partial charge < -0.3 is 15.3 Å². The second kappa shape index (κ2) is 5.71. The highest BCUT2D eigenvalue weighted by Gasteiger charge is 2.21. The summed E-state index contributed by atoms with van der Waals surface area (Å²) in [6.45, 7) is 2.63. The number of benzene rings is 1. The summed E-state index contributed by atoms with van der Waals surface area (Å²) < 4.78 is 0. The Morgan fingerprint density at radius 1 is 1.41 bits per heavy atom. The molecule has 4 heteroatoms. The van der Waals surface area contributed by atoms with E-state index in [0.717, 1.165) is 24.3 Å². The highest BCUT2D eigenvalue weighted by molar-refractivity contribution is 6.31. The van der Waals surface area contributed by atoms with Gasteiger partial charge in [-0.2, -0.15) is 0 Å². The first-order chi connectivity index (χ1) is 8.24. The van der Waals surface area contributed by atoms with Crippen LogP contribution in [0.5, 0.6) is 0 Å². The number of hydrogen-bond acceptors (Lipinski definition) is 3. The molecule has 3 nitrogen and oxygen atoms in total. The number of aliphatic hydroxyl groups is 1. The van der Waals surface area contributed by atoms with E-state index in [9.17, 15) is 5.11 Å². The van der Waals surface area contributed by atoms with E-state index in [4.69, 9.17) is 11.6 Å². The summed E-state index contributed by atoms with van der Waals surface area (Å²) in [7, 11) is 1.83. The van der Waals surface area contributed by atoms with Crippen molar-refractivity contribution in [3.63, 3.8) is 0 Å². The van der Waals surface area contributed by atoms with E-state index in [-0.39, 0.29) is 0 Å². The van der Waals surface area contributed by atoms with E-state index in [1.807, 2.05) is 25.2 Å². The molecule has 17 heavy (non-hydrogen) atoms. The molecule has 0 aromatic heterocycles. The number of likely N-dealkylation sites (N-methyl/N-ethyl adjacent to an activating group) is 1. The number of nitrogens with zero attached hydrogens (tertiary/aromatic N) is 1. The van der Waals surface area contributed by atoms with E-state index in [1.165, 1.54) is 12.8 Å². The first kappa shape index (κ1) is 12.7. The lowest BCUT2D eigenvalue weighted by Gasteiger charge is -2.24. The topological polar surface area (TPSA) is 35.5 Å². The lowest BCUT2D eigenvalue weighted by molar-refractivity contribution is 0.178. The lowest BCUT2D eigenvalue weighted by atomic mass is 10.1. The minimum Gasteiger partial charge on any atom is -0.387 e. The van der Waals surface area contributed by atoms with Crippen molar-refractivity contribution in [1.29, 1.82) is 0 Å². The molecule has 1 aliphatic heterocycles. The average Bonchev–Trinajstić information content (AvgIpc) is 2.82. The molecule has 1 fully saturated rings. The van der Waals surface area contributed by atoms with Crippen molar-refractivity contribution < 1.29 is 5.11 Å². The molecule has 0 aliphatic carbocycles. The van der Waals surface area contributed by atoms with Crippen molar-refractivity contribution in [2.75, 3.05) is 31.6 Å². The molecule has 0 radical (unpaired) electrons. The highest BCUT2D eigenvalue weighted by atomic mass is 35.5. The average molecular weight is 255 g/mol. The summed E-state index contributed by atoms with van der Waals surface area (Å²) in [4.78, 5) is 2.31. The zero-order valence-corrected chi connectivity index (χ0v) is 10.9. The molecule has 1 saturated heterocycles. The summed E-state index contributed by atoms with van der Waals surface area (Å²) in [6, 6.07) is 5.84. The van der Waals surface area contributed by atoms with Gasteiger partial charge >= 0.3 is 0 Å². The monoisotopic (exact) mass is 254 g/mol. The summed E-state index contributed by atoms with van der Waals surface area (Å²) in [5, 5.41) is 13.8. The van der Waals surface area contributed by atoms with E-state index in [0.29, 0.717) is 11.6 Å².